The zero-order valence-corrected chi connectivity index (χ0v) is 13.5. The van der Waals surface area contributed by atoms with Crippen molar-refractivity contribution in [2.24, 2.45) is 0 Å². The lowest BCUT2D eigenvalue weighted by atomic mass is 10.1. The van der Waals surface area contributed by atoms with E-state index in [0.717, 1.165) is 36.9 Å². The van der Waals surface area contributed by atoms with Crippen molar-refractivity contribution >= 4 is 11.6 Å². The molecule has 5 rings (SSSR count). The number of piperazine rings is 1. The fourth-order valence-electron chi connectivity index (χ4n) is 3.46. The molecule has 0 radical (unpaired) electrons. The van der Waals surface area contributed by atoms with Crippen LogP contribution in [0.1, 0.15) is 36.1 Å². The van der Waals surface area contributed by atoms with Gasteiger partial charge in [0.25, 0.3) is 0 Å². The van der Waals surface area contributed by atoms with E-state index in [9.17, 15) is 0 Å². The minimum Gasteiger partial charge on any atom is -0.337 e. The first-order valence-corrected chi connectivity index (χ1v) is 8.62. The molecule has 24 heavy (non-hydrogen) atoms. The van der Waals surface area contributed by atoms with E-state index in [4.69, 9.17) is 5.10 Å². The van der Waals surface area contributed by atoms with Crippen LogP contribution in [0.3, 0.4) is 0 Å². The zero-order valence-electron chi connectivity index (χ0n) is 13.5. The highest BCUT2D eigenvalue weighted by Crippen LogP contribution is 2.39. The van der Waals surface area contributed by atoms with Crippen molar-refractivity contribution in [1.82, 2.24) is 24.9 Å². The van der Waals surface area contributed by atoms with Crippen LogP contribution in [0.15, 0.2) is 42.7 Å². The van der Waals surface area contributed by atoms with Crippen LogP contribution in [0, 0.1) is 0 Å². The molecule has 0 amide bonds. The van der Waals surface area contributed by atoms with E-state index in [-0.39, 0.29) is 0 Å². The van der Waals surface area contributed by atoms with Crippen molar-refractivity contribution in [2.45, 2.75) is 24.8 Å². The van der Waals surface area contributed by atoms with Crippen LogP contribution in [0.2, 0.25) is 0 Å². The molecule has 2 aromatic heterocycles. The average molecular weight is 320 g/mol. The van der Waals surface area contributed by atoms with Crippen LogP contribution in [0.5, 0.6) is 0 Å². The third kappa shape index (κ3) is 2.43. The third-order valence-corrected chi connectivity index (χ3v) is 4.92. The summed E-state index contributed by atoms with van der Waals surface area (Å²) < 4.78 is 1.92. The predicted octanol–water partition coefficient (Wildman–Crippen LogP) is 2.15. The normalized spacial score (nSPS) is 21.3. The first kappa shape index (κ1) is 13.9. The summed E-state index contributed by atoms with van der Waals surface area (Å²) in [4.78, 5) is 11.2. The van der Waals surface area contributed by atoms with Crippen LogP contribution in [0.4, 0.5) is 5.95 Å². The monoisotopic (exact) mass is 320 g/mol. The Balaban J connectivity index is 1.48. The molecule has 1 aliphatic carbocycles. The van der Waals surface area contributed by atoms with Crippen LogP contribution < -0.4 is 10.2 Å². The van der Waals surface area contributed by atoms with Gasteiger partial charge < -0.3 is 10.2 Å². The Morgan fingerprint density at radius 2 is 1.96 bits per heavy atom. The maximum Gasteiger partial charge on any atom is 0.230 e. The summed E-state index contributed by atoms with van der Waals surface area (Å²) in [5, 5.41) is 8.38. The standard InChI is InChI=1S/C18H20N6/c1-2-4-13(5-3-1)16-11-23(9-8-19-16)18-21-12-20-17-10-15(14-6-7-14)22-24(17)18/h1-5,10,12,14,16,19H,6-9,11H2. The van der Waals surface area contributed by atoms with Gasteiger partial charge in [-0.1, -0.05) is 30.3 Å². The molecule has 2 fully saturated rings. The molecule has 3 aromatic rings. The highest BCUT2D eigenvalue weighted by atomic mass is 15.4. The number of nitrogens with zero attached hydrogens (tertiary/aromatic N) is 5. The van der Waals surface area contributed by atoms with Gasteiger partial charge in [-0.3, -0.25) is 0 Å². The summed E-state index contributed by atoms with van der Waals surface area (Å²) in [5.74, 6) is 1.52. The Labute approximate surface area is 140 Å². The number of nitrogens with one attached hydrogen (secondary N) is 1. The Morgan fingerprint density at radius 3 is 2.79 bits per heavy atom. The lowest BCUT2D eigenvalue weighted by Gasteiger charge is -2.34. The molecule has 2 aliphatic rings. The maximum atomic E-state index is 4.78. The fourth-order valence-corrected chi connectivity index (χ4v) is 3.46. The smallest absolute Gasteiger partial charge is 0.230 e. The summed E-state index contributed by atoms with van der Waals surface area (Å²) >= 11 is 0. The van der Waals surface area contributed by atoms with Crippen molar-refractivity contribution in [1.29, 1.82) is 0 Å². The van der Waals surface area contributed by atoms with E-state index in [1.54, 1.807) is 6.33 Å². The molecule has 1 atom stereocenters. The number of fused-ring (bicyclic) bond motifs is 1. The largest absolute Gasteiger partial charge is 0.337 e. The molecule has 0 spiro atoms. The number of rotatable bonds is 3. The summed E-state index contributed by atoms with van der Waals surface area (Å²) in [6.45, 7) is 2.74. The molecule has 1 unspecified atom stereocenters. The van der Waals surface area contributed by atoms with E-state index in [0.29, 0.717) is 12.0 Å². The topological polar surface area (TPSA) is 58.4 Å². The molecule has 6 nitrogen and oxygen atoms in total. The summed E-state index contributed by atoms with van der Waals surface area (Å²) in [6.07, 6.45) is 4.15. The average Bonchev–Trinajstić information content (AvgIpc) is 3.41. The number of anilines is 1. The molecule has 0 bridgehead atoms. The predicted molar refractivity (Wildman–Crippen MR) is 92.2 cm³/mol. The van der Waals surface area contributed by atoms with Gasteiger partial charge in [0, 0.05) is 37.7 Å². The zero-order chi connectivity index (χ0) is 15.9. The van der Waals surface area contributed by atoms with Gasteiger partial charge in [-0.15, -0.1) is 0 Å². The van der Waals surface area contributed by atoms with Crippen LogP contribution >= 0.6 is 0 Å². The van der Waals surface area contributed by atoms with Gasteiger partial charge in [0.1, 0.15) is 6.33 Å². The quantitative estimate of drug-likeness (QED) is 0.801. The van der Waals surface area contributed by atoms with Gasteiger partial charge in [0.15, 0.2) is 5.65 Å². The first-order valence-electron chi connectivity index (χ1n) is 8.62. The Kier molecular flexibility index (Phi) is 3.23. The Hall–Kier alpha value is -2.47. The van der Waals surface area contributed by atoms with Crippen LogP contribution in [0.25, 0.3) is 5.65 Å². The lowest BCUT2D eigenvalue weighted by molar-refractivity contribution is 0.464. The molecular formula is C18H20N6. The first-order chi connectivity index (χ1) is 11.9. The summed E-state index contributed by atoms with van der Waals surface area (Å²) in [5.41, 5.74) is 3.37. The van der Waals surface area contributed by atoms with Gasteiger partial charge in [-0.05, 0) is 18.4 Å². The van der Waals surface area contributed by atoms with E-state index >= 15 is 0 Å². The molecule has 1 saturated heterocycles. The second-order valence-corrected chi connectivity index (χ2v) is 6.65. The van der Waals surface area contributed by atoms with Gasteiger partial charge in [0.05, 0.1) is 5.69 Å². The molecule has 1 N–H and O–H groups in total. The van der Waals surface area contributed by atoms with Gasteiger partial charge >= 0.3 is 0 Å². The van der Waals surface area contributed by atoms with Gasteiger partial charge in [-0.2, -0.15) is 9.61 Å². The second-order valence-electron chi connectivity index (χ2n) is 6.65. The van der Waals surface area contributed by atoms with Crippen molar-refractivity contribution in [2.75, 3.05) is 24.5 Å². The molecule has 122 valence electrons. The fraction of sp³-hybridized carbons (Fsp3) is 0.389. The van der Waals surface area contributed by atoms with E-state index < -0.39 is 0 Å². The summed E-state index contributed by atoms with van der Waals surface area (Å²) in [7, 11) is 0. The Morgan fingerprint density at radius 1 is 1.08 bits per heavy atom. The number of benzene rings is 1. The summed E-state index contributed by atoms with van der Waals surface area (Å²) in [6, 6.07) is 13.0. The number of aromatic nitrogens is 4. The third-order valence-electron chi connectivity index (χ3n) is 4.92. The van der Waals surface area contributed by atoms with Crippen LogP contribution in [-0.4, -0.2) is 39.2 Å². The number of hydrogen-bond donors (Lipinski definition) is 1. The molecule has 1 aliphatic heterocycles. The lowest BCUT2D eigenvalue weighted by Crippen LogP contribution is -2.46. The minimum atomic E-state index is 0.309. The minimum absolute atomic E-state index is 0.309. The molecule has 3 heterocycles. The van der Waals surface area contributed by atoms with Crippen molar-refractivity contribution in [3.8, 4) is 0 Å². The van der Waals surface area contributed by atoms with Crippen molar-refractivity contribution < 1.29 is 0 Å². The van der Waals surface area contributed by atoms with Crippen LogP contribution in [-0.2, 0) is 0 Å². The second kappa shape index (κ2) is 5.56. The van der Waals surface area contributed by atoms with Gasteiger partial charge in [0.2, 0.25) is 5.95 Å². The molecule has 6 heteroatoms. The maximum absolute atomic E-state index is 4.78. The van der Waals surface area contributed by atoms with Crippen molar-refractivity contribution in [3.05, 3.63) is 54.0 Å². The number of hydrogen-bond acceptors (Lipinski definition) is 5. The molecule has 1 saturated carbocycles. The van der Waals surface area contributed by atoms with Crippen molar-refractivity contribution in [3.63, 3.8) is 0 Å². The molecular weight excluding hydrogens is 300 g/mol. The van der Waals surface area contributed by atoms with Gasteiger partial charge in [-0.25, -0.2) is 9.97 Å². The van der Waals surface area contributed by atoms with E-state index in [1.165, 1.54) is 18.4 Å². The highest BCUT2D eigenvalue weighted by Gasteiger charge is 2.28. The molecule has 1 aromatic carbocycles. The SMILES string of the molecule is c1ccc(C2CN(c3ncnc4cc(C5CC5)nn34)CCN2)cc1. The highest BCUT2D eigenvalue weighted by molar-refractivity contribution is 5.47. The van der Waals surface area contributed by atoms with E-state index in [2.05, 4.69) is 56.6 Å². The van der Waals surface area contributed by atoms with E-state index in [1.807, 2.05) is 4.52 Å². The Bertz CT molecular complexity index is 854.